The van der Waals surface area contributed by atoms with Crippen LogP contribution in [0.2, 0.25) is 0 Å². The van der Waals surface area contributed by atoms with Gasteiger partial charge in [0, 0.05) is 6.54 Å². The molecule has 1 unspecified atom stereocenters. The number of aliphatic hydroxyl groups excluding tert-OH is 1. The highest BCUT2D eigenvalue weighted by atomic mass is 16.4. The van der Waals surface area contributed by atoms with Gasteiger partial charge in [0.25, 0.3) is 0 Å². The second-order valence-corrected chi connectivity index (χ2v) is 4.83. The summed E-state index contributed by atoms with van der Waals surface area (Å²) in [6.45, 7) is 6.03. The summed E-state index contributed by atoms with van der Waals surface area (Å²) >= 11 is 0. The molecular formula is C13H26N2O4. The van der Waals surface area contributed by atoms with Gasteiger partial charge in [-0.05, 0) is 19.3 Å². The van der Waals surface area contributed by atoms with Gasteiger partial charge >= 0.3 is 12.0 Å². The summed E-state index contributed by atoms with van der Waals surface area (Å²) < 4.78 is 0. The fourth-order valence-corrected chi connectivity index (χ4v) is 1.76. The highest BCUT2D eigenvalue weighted by molar-refractivity contribution is 5.82. The minimum absolute atomic E-state index is 0.403. The molecule has 0 aliphatic heterocycles. The second kappa shape index (κ2) is 9.61. The van der Waals surface area contributed by atoms with Crippen molar-refractivity contribution in [1.82, 2.24) is 10.6 Å². The summed E-state index contributed by atoms with van der Waals surface area (Å²) in [6.07, 6.45) is 3.12. The fraction of sp³-hybridized carbons (Fsp3) is 0.846. The summed E-state index contributed by atoms with van der Waals surface area (Å²) in [5.41, 5.74) is 0. The minimum Gasteiger partial charge on any atom is -0.480 e. The molecule has 0 radical (unpaired) electrons. The Morgan fingerprint density at radius 3 is 2.32 bits per heavy atom. The van der Waals surface area contributed by atoms with Gasteiger partial charge in [-0.1, -0.05) is 33.1 Å². The third-order valence-corrected chi connectivity index (χ3v) is 3.13. The zero-order valence-corrected chi connectivity index (χ0v) is 12.0. The van der Waals surface area contributed by atoms with Gasteiger partial charge in [-0.2, -0.15) is 0 Å². The third-order valence-electron chi connectivity index (χ3n) is 3.13. The number of carbonyl (C=O) groups is 2. The molecule has 0 heterocycles. The van der Waals surface area contributed by atoms with Crippen LogP contribution in [0.1, 0.15) is 46.5 Å². The van der Waals surface area contributed by atoms with Crippen LogP contribution in [0.15, 0.2) is 0 Å². The maximum absolute atomic E-state index is 11.6. The molecule has 112 valence electrons. The van der Waals surface area contributed by atoms with E-state index < -0.39 is 24.1 Å². The van der Waals surface area contributed by atoms with Crippen molar-refractivity contribution in [2.75, 3.05) is 6.54 Å². The molecule has 2 amide bonds. The largest absolute Gasteiger partial charge is 0.480 e. The van der Waals surface area contributed by atoms with Crippen molar-refractivity contribution < 1.29 is 19.8 Å². The van der Waals surface area contributed by atoms with Crippen molar-refractivity contribution in [3.63, 3.8) is 0 Å². The molecule has 0 aliphatic carbocycles. The number of carboxylic acids is 1. The SMILES string of the molecule is CCCCC(CC)CNC(=O)N[C@H](C(=O)O)[C@@H](C)O. The maximum Gasteiger partial charge on any atom is 0.328 e. The van der Waals surface area contributed by atoms with Crippen molar-refractivity contribution in [2.45, 2.75) is 58.6 Å². The van der Waals surface area contributed by atoms with Crippen molar-refractivity contribution in [3.8, 4) is 0 Å². The van der Waals surface area contributed by atoms with Crippen LogP contribution in [-0.2, 0) is 4.79 Å². The van der Waals surface area contributed by atoms with E-state index in [0.29, 0.717) is 12.5 Å². The Morgan fingerprint density at radius 2 is 1.89 bits per heavy atom. The number of aliphatic carboxylic acids is 1. The van der Waals surface area contributed by atoms with E-state index in [1.165, 1.54) is 6.92 Å². The zero-order chi connectivity index (χ0) is 14.8. The van der Waals surface area contributed by atoms with Crippen LogP contribution in [0.5, 0.6) is 0 Å². The number of hydrogen-bond donors (Lipinski definition) is 4. The molecule has 0 spiro atoms. The quantitative estimate of drug-likeness (QED) is 0.510. The Balaban J connectivity index is 4.11. The Bertz CT molecular complexity index is 282. The van der Waals surface area contributed by atoms with Crippen LogP contribution in [0.3, 0.4) is 0 Å². The van der Waals surface area contributed by atoms with Gasteiger partial charge in [-0.3, -0.25) is 0 Å². The molecule has 4 N–H and O–H groups in total. The predicted octanol–water partition coefficient (Wildman–Crippen LogP) is 1.34. The van der Waals surface area contributed by atoms with Crippen LogP contribution in [-0.4, -0.2) is 40.9 Å². The van der Waals surface area contributed by atoms with Gasteiger partial charge < -0.3 is 20.8 Å². The topological polar surface area (TPSA) is 98.7 Å². The average molecular weight is 274 g/mol. The summed E-state index contributed by atoms with van der Waals surface area (Å²) in [5.74, 6) is -0.844. The van der Waals surface area contributed by atoms with E-state index >= 15 is 0 Å². The molecule has 0 aromatic rings. The molecule has 0 aliphatic rings. The Kier molecular flexibility index (Phi) is 8.95. The smallest absolute Gasteiger partial charge is 0.328 e. The number of amides is 2. The number of unbranched alkanes of at least 4 members (excludes halogenated alkanes) is 1. The number of carbonyl (C=O) groups excluding carboxylic acids is 1. The van der Waals surface area contributed by atoms with E-state index in [1.807, 2.05) is 0 Å². The van der Waals surface area contributed by atoms with Crippen LogP contribution < -0.4 is 10.6 Å². The molecule has 0 rings (SSSR count). The molecule has 0 aromatic carbocycles. The first-order chi connectivity index (χ1) is 8.92. The van der Waals surface area contributed by atoms with Gasteiger partial charge in [0.15, 0.2) is 6.04 Å². The summed E-state index contributed by atoms with van der Waals surface area (Å²) in [6, 6.07) is -1.83. The average Bonchev–Trinajstić information content (AvgIpc) is 2.35. The van der Waals surface area contributed by atoms with E-state index in [-0.39, 0.29) is 0 Å². The fourth-order valence-electron chi connectivity index (χ4n) is 1.76. The van der Waals surface area contributed by atoms with Gasteiger partial charge in [0.05, 0.1) is 6.10 Å². The number of urea groups is 1. The van der Waals surface area contributed by atoms with Gasteiger partial charge in [0.2, 0.25) is 0 Å². The first-order valence-corrected chi connectivity index (χ1v) is 6.87. The van der Waals surface area contributed by atoms with Crippen molar-refractivity contribution >= 4 is 12.0 Å². The van der Waals surface area contributed by atoms with E-state index in [2.05, 4.69) is 24.5 Å². The summed E-state index contributed by atoms with van der Waals surface area (Å²) in [7, 11) is 0. The zero-order valence-electron chi connectivity index (χ0n) is 12.0. The van der Waals surface area contributed by atoms with E-state index in [0.717, 1.165) is 25.7 Å². The number of nitrogens with one attached hydrogen (secondary N) is 2. The van der Waals surface area contributed by atoms with Crippen molar-refractivity contribution in [2.24, 2.45) is 5.92 Å². The monoisotopic (exact) mass is 274 g/mol. The molecule has 6 heteroatoms. The first kappa shape index (κ1) is 17.7. The molecule has 0 bridgehead atoms. The van der Waals surface area contributed by atoms with Gasteiger partial charge in [-0.25, -0.2) is 9.59 Å². The highest BCUT2D eigenvalue weighted by Crippen LogP contribution is 2.11. The number of hydrogen-bond acceptors (Lipinski definition) is 3. The van der Waals surface area contributed by atoms with Gasteiger partial charge in [-0.15, -0.1) is 0 Å². The van der Waals surface area contributed by atoms with E-state index in [4.69, 9.17) is 5.11 Å². The maximum atomic E-state index is 11.6. The predicted molar refractivity (Wildman–Crippen MR) is 72.9 cm³/mol. The third kappa shape index (κ3) is 7.66. The van der Waals surface area contributed by atoms with Crippen molar-refractivity contribution in [3.05, 3.63) is 0 Å². The normalized spacial score (nSPS) is 15.4. The number of carboxylic acid groups (broad SMARTS) is 1. The Labute approximate surface area is 114 Å². The van der Waals surface area contributed by atoms with Gasteiger partial charge in [0.1, 0.15) is 0 Å². The highest BCUT2D eigenvalue weighted by Gasteiger charge is 2.24. The lowest BCUT2D eigenvalue weighted by atomic mass is 9.99. The molecular weight excluding hydrogens is 248 g/mol. The van der Waals surface area contributed by atoms with Crippen LogP contribution in [0.4, 0.5) is 4.79 Å². The van der Waals surface area contributed by atoms with Crippen molar-refractivity contribution in [1.29, 1.82) is 0 Å². The lowest BCUT2D eigenvalue weighted by molar-refractivity contribution is -0.141. The molecule has 6 nitrogen and oxygen atoms in total. The Morgan fingerprint density at radius 1 is 1.26 bits per heavy atom. The van der Waals surface area contributed by atoms with E-state index in [9.17, 15) is 14.7 Å². The van der Waals surface area contributed by atoms with Crippen LogP contribution in [0, 0.1) is 5.92 Å². The Hall–Kier alpha value is -1.30. The van der Waals surface area contributed by atoms with Crippen LogP contribution in [0.25, 0.3) is 0 Å². The molecule has 0 aromatic heterocycles. The molecule has 3 atom stereocenters. The molecule has 0 saturated carbocycles. The minimum atomic E-state index is -1.28. The van der Waals surface area contributed by atoms with Crippen LogP contribution >= 0.6 is 0 Å². The number of rotatable bonds is 9. The molecule has 0 saturated heterocycles. The first-order valence-electron chi connectivity index (χ1n) is 6.87. The summed E-state index contributed by atoms with van der Waals surface area (Å²) in [4.78, 5) is 22.4. The van der Waals surface area contributed by atoms with E-state index in [1.54, 1.807) is 0 Å². The lowest BCUT2D eigenvalue weighted by Crippen LogP contribution is -2.51. The molecule has 0 fully saturated rings. The second-order valence-electron chi connectivity index (χ2n) is 4.83. The molecule has 19 heavy (non-hydrogen) atoms. The number of aliphatic hydroxyl groups is 1. The standard InChI is InChI=1S/C13H26N2O4/c1-4-6-7-10(5-2)8-14-13(19)15-11(9(3)16)12(17)18/h9-11,16H,4-8H2,1-3H3,(H,17,18)(H2,14,15,19)/t9-,10?,11+/m1/s1. The lowest BCUT2D eigenvalue weighted by Gasteiger charge is -2.19. The summed E-state index contributed by atoms with van der Waals surface area (Å²) in [5, 5.41) is 23.0.